The molecular weight excluding hydrogens is 338 g/mol. The van der Waals surface area contributed by atoms with Gasteiger partial charge in [-0.2, -0.15) is 0 Å². The molecule has 3 N–H and O–H groups in total. The van der Waals surface area contributed by atoms with Crippen molar-refractivity contribution in [2.75, 3.05) is 18.0 Å². The summed E-state index contributed by atoms with van der Waals surface area (Å²) in [5, 5.41) is 21.4. The molecule has 1 amide bonds. The lowest BCUT2D eigenvalue weighted by Crippen LogP contribution is -2.55. The Morgan fingerprint density at radius 1 is 1.33 bits per heavy atom. The Morgan fingerprint density at radius 3 is 2.54 bits per heavy atom. The molecule has 1 spiro atoms. The number of carboxylic acid groups (broad SMARTS) is 2. The molecule has 0 unspecified atom stereocenters. The van der Waals surface area contributed by atoms with E-state index in [9.17, 15) is 19.5 Å². The van der Waals surface area contributed by atoms with Gasteiger partial charge in [-0.3, -0.25) is 9.59 Å². The Kier molecular flexibility index (Phi) is 4.08. The van der Waals surface area contributed by atoms with Crippen molar-refractivity contribution in [1.82, 2.24) is 10.3 Å². The number of carboxylic acids is 2. The monoisotopic (exact) mass is 353 g/mol. The number of nitrogens with one attached hydrogen (secondary N) is 1. The number of nitrogens with zero attached hydrogens (tertiary/aromatic N) is 2. The molecule has 1 aromatic heterocycles. The molecular formula is C15H16ClN3O5. The third-order valence-corrected chi connectivity index (χ3v) is 5.05. The minimum Gasteiger partial charge on any atom is -0.481 e. The zero-order chi connectivity index (χ0) is 17.5. The summed E-state index contributed by atoms with van der Waals surface area (Å²) in [5.41, 5.74) is -0.724. The molecule has 1 atom stereocenters. The van der Waals surface area contributed by atoms with E-state index in [4.69, 9.17) is 16.7 Å². The number of aliphatic carboxylic acids is 1. The predicted octanol–water partition coefficient (Wildman–Crippen LogP) is 0.993. The van der Waals surface area contributed by atoms with Gasteiger partial charge in [-0.25, -0.2) is 9.78 Å². The maximum absolute atomic E-state index is 11.7. The largest absolute Gasteiger partial charge is 0.481 e. The maximum Gasteiger partial charge on any atom is 0.337 e. The average molecular weight is 354 g/mol. The lowest BCUT2D eigenvalue weighted by Gasteiger charge is -2.42. The molecule has 0 bridgehead atoms. The molecule has 128 valence electrons. The normalized spacial score (nSPS) is 22.5. The first kappa shape index (κ1) is 16.5. The highest BCUT2D eigenvalue weighted by molar-refractivity contribution is 6.33. The van der Waals surface area contributed by atoms with E-state index in [2.05, 4.69) is 10.3 Å². The van der Waals surface area contributed by atoms with E-state index >= 15 is 0 Å². The number of anilines is 1. The molecule has 0 aliphatic carbocycles. The van der Waals surface area contributed by atoms with Crippen molar-refractivity contribution in [3.05, 3.63) is 22.8 Å². The summed E-state index contributed by atoms with van der Waals surface area (Å²) in [6.07, 6.45) is 2.18. The Labute approximate surface area is 142 Å². The van der Waals surface area contributed by atoms with Crippen LogP contribution in [0.5, 0.6) is 0 Å². The zero-order valence-electron chi connectivity index (χ0n) is 12.7. The van der Waals surface area contributed by atoms with Crippen LogP contribution in [-0.2, 0) is 9.59 Å². The number of rotatable bonds is 3. The molecule has 3 heterocycles. The zero-order valence-corrected chi connectivity index (χ0v) is 13.4. The second-order valence-corrected chi connectivity index (χ2v) is 6.53. The molecule has 2 aliphatic heterocycles. The molecule has 24 heavy (non-hydrogen) atoms. The smallest absolute Gasteiger partial charge is 0.337 e. The van der Waals surface area contributed by atoms with E-state index in [0.717, 1.165) is 0 Å². The van der Waals surface area contributed by atoms with E-state index in [1.807, 2.05) is 4.90 Å². The van der Waals surface area contributed by atoms with Gasteiger partial charge < -0.3 is 20.4 Å². The fourth-order valence-corrected chi connectivity index (χ4v) is 3.78. The van der Waals surface area contributed by atoms with Crippen LogP contribution in [0.15, 0.2) is 12.3 Å². The molecule has 2 aliphatic rings. The average Bonchev–Trinajstić information content (AvgIpc) is 2.85. The van der Waals surface area contributed by atoms with Crippen molar-refractivity contribution in [2.45, 2.75) is 24.8 Å². The number of piperidine rings is 1. The minimum absolute atomic E-state index is 0.00163. The third kappa shape index (κ3) is 2.77. The number of hydrogen-bond donors (Lipinski definition) is 3. The first-order valence-electron chi connectivity index (χ1n) is 7.50. The Bertz CT molecular complexity index is 715. The summed E-state index contributed by atoms with van der Waals surface area (Å²) < 4.78 is 0. The molecule has 2 saturated heterocycles. The van der Waals surface area contributed by atoms with Gasteiger partial charge in [-0.15, -0.1) is 0 Å². The van der Waals surface area contributed by atoms with Gasteiger partial charge >= 0.3 is 11.9 Å². The second kappa shape index (κ2) is 5.94. The van der Waals surface area contributed by atoms with Crippen LogP contribution in [0.4, 0.5) is 5.82 Å². The summed E-state index contributed by atoms with van der Waals surface area (Å²) in [6, 6.07) is 1.34. The molecule has 0 radical (unpaired) electrons. The minimum atomic E-state index is -1.11. The molecule has 8 nitrogen and oxygen atoms in total. The fraction of sp³-hybridized carbons (Fsp3) is 0.467. The van der Waals surface area contributed by atoms with Crippen LogP contribution in [0, 0.1) is 5.92 Å². The highest BCUT2D eigenvalue weighted by Crippen LogP contribution is 2.38. The molecule has 2 fully saturated rings. The van der Waals surface area contributed by atoms with E-state index in [1.165, 1.54) is 12.3 Å². The van der Waals surface area contributed by atoms with Crippen molar-refractivity contribution in [1.29, 1.82) is 0 Å². The summed E-state index contributed by atoms with van der Waals surface area (Å²) >= 11 is 6.13. The number of amides is 1. The van der Waals surface area contributed by atoms with E-state index in [0.29, 0.717) is 31.7 Å². The van der Waals surface area contributed by atoms with Gasteiger partial charge in [0, 0.05) is 25.7 Å². The first-order chi connectivity index (χ1) is 11.3. The van der Waals surface area contributed by atoms with Crippen molar-refractivity contribution in [2.24, 2.45) is 5.92 Å². The quantitative estimate of drug-likeness (QED) is 0.741. The van der Waals surface area contributed by atoms with E-state index in [-0.39, 0.29) is 22.9 Å². The van der Waals surface area contributed by atoms with Crippen molar-refractivity contribution >= 4 is 35.3 Å². The molecule has 0 aromatic carbocycles. The van der Waals surface area contributed by atoms with Crippen LogP contribution >= 0.6 is 11.6 Å². The number of halogens is 1. The Morgan fingerprint density at radius 2 is 2.00 bits per heavy atom. The lowest BCUT2D eigenvalue weighted by molar-refractivity contribution is -0.144. The summed E-state index contributed by atoms with van der Waals surface area (Å²) in [6.45, 7) is 0.951. The molecule has 0 saturated carbocycles. The first-order valence-corrected chi connectivity index (χ1v) is 7.88. The van der Waals surface area contributed by atoms with Crippen LogP contribution in [0.1, 0.15) is 29.6 Å². The van der Waals surface area contributed by atoms with Gasteiger partial charge in [0.25, 0.3) is 0 Å². The lowest BCUT2D eigenvalue weighted by atomic mass is 9.78. The van der Waals surface area contributed by atoms with Crippen LogP contribution in [0.2, 0.25) is 5.02 Å². The summed E-state index contributed by atoms with van der Waals surface area (Å²) in [7, 11) is 0. The van der Waals surface area contributed by atoms with Gasteiger partial charge in [0.15, 0.2) is 0 Å². The number of aromatic nitrogens is 1. The standard InChI is InChI=1S/C15H16ClN3O5/c16-10-5-8(13(21)22)7-17-12(10)19-3-1-15(2-4-19)9(14(23)24)6-11(20)18-15/h5,7,9H,1-4,6H2,(H,18,20)(H,21,22)(H,23,24)/t9-/m1/s1. The number of carbonyl (C=O) groups is 3. The van der Waals surface area contributed by atoms with Gasteiger partial charge in [0.2, 0.25) is 5.91 Å². The summed E-state index contributed by atoms with van der Waals surface area (Å²) in [5.74, 6) is -2.58. The van der Waals surface area contributed by atoms with Gasteiger partial charge in [-0.05, 0) is 18.9 Å². The van der Waals surface area contributed by atoms with E-state index in [1.54, 1.807) is 0 Å². The van der Waals surface area contributed by atoms with Crippen LogP contribution in [-0.4, -0.2) is 51.7 Å². The third-order valence-electron chi connectivity index (χ3n) is 4.77. The number of carbonyl (C=O) groups excluding carboxylic acids is 1. The Balaban J connectivity index is 1.77. The van der Waals surface area contributed by atoms with Crippen molar-refractivity contribution in [3.63, 3.8) is 0 Å². The number of pyridine rings is 1. The fourth-order valence-electron chi connectivity index (χ4n) is 3.49. The van der Waals surface area contributed by atoms with Gasteiger partial charge in [-0.1, -0.05) is 11.6 Å². The van der Waals surface area contributed by atoms with Crippen molar-refractivity contribution < 1.29 is 24.6 Å². The molecule has 1 aromatic rings. The number of hydrogen-bond acceptors (Lipinski definition) is 5. The highest BCUT2D eigenvalue weighted by Gasteiger charge is 2.51. The summed E-state index contributed by atoms with van der Waals surface area (Å²) in [4.78, 5) is 40.0. The Hall–Kier alpha value is -2.35. The SMILES string of the molecule is O=C1C[C@H](C(=O)O)C2(CCN(c3ncc(C(=O)O)cc3Cl)CC2)N1. The highest BCUT2D eigenvalue weighted by atomic mass is 35.5. The van der Waals surface area contributed by atoms with Crippen LogP contribution in [0.25, 0.3) is 0 Å². The maximum atomic E-state index is 11.7. The van der Waals surface area contributed by atoms with Crippen LogP contribution in [0.3, 0.4) is 0 Å². The molecule has 9 heteroatoms. The van der Waals surface area contributed by atoms with E-state index < -0.39 is 23.4 Å². The van der Waals surface area contributed by atoms with Gasteiger partial charge in [0.1, 0.15) is 5.82 Å². The van der Waals surface area contributed by atoms with Crippen LogP contribution < -0.4 is 10.2 Å². The topological polar surface area (TPSA) is 120 Å². The van der Waals surface area contributed by atoms with Gasteiger partial charge in [0.05, 0.1) is 22.0 Å². The molecule has 3 rings (SSSR count). The van der Waals surface area contributed by atoms with Crippen molar-refractivity contribution in [3.8, 4) is 0 Å². The number of aromatic carboxylic acids is 1. The predicted molar refractivity (Wildman–Crippen MR) is 84.3 cm³/mol. The second-order valence-electron chi connectivity index (χ2n) is 6.12.